The number of hydrogen-bond acceptors (Lipinski definition) is 4. The minimum absolute atomic E-state index is 0.0214. The van der Waals surface area contributed by atoms with Gasteiger partial charge in [-0.1, -0.05) is 41.9 Å². The summed E-state index contributed by atoms with van der Waals surface area (Å²) >= 11 is 6.25. The van der Waals surface area contributed by atoms with Crippen LogP contribution in [0.2, 0.25) is 5.02 Å². The number of aromatic nitrogens is 1. The first kappa shape index (κ1) is 22.5. The largest absolute Gasteiger partial charge is 0.322 e. The number of hydrogen-bond donors (Lipinski definition) is 1. The third kappa shape index (κ3) is 4.74. The number of anilines is 2. The number of halogens is 1. The van der Waals surface area contributed by atoms with E-state index in [0.717, 1.165) is 15.2 Å². The van der Waals surface area contributed by atoms with Crippen molar-refractivity contribution in [2.24, 2.45) is 0 Å². The van der Waals surface area contributed by atoms with Crippen LogP contribution in [0.15, 0.2) is 103 Å². The zero-order chi connectivity index (χ0) is 23.4. The van der Waals surface area contributed by atoms with Crippen LogP contribution < -0.4 is 9.62 Å². The van der Waals surface area contributed by atoms with E-state index in [4.69, 9.17) is 11.6 Å². The molecule has 0 spiro atoms. The van der Waals surface area contributed by atoms with E-state index in [-0.39, 0.29) is 17.0 Å². The van der Waals surface area contributed by atoms with Gasteiger partial charge in [-0.2, -0.15) is 0 Å². The van der Waals surface area contributed by atoms with Gasteiger partial charge in [-0.25, -0.2) is 8.42 Å². The number of nitrogens with one attached hydrogen (secondary N) is 1. The van der Waals surface area contributed by atoms with Gasteiger partial charge in [0.15, 0.2) is 0 Å². The molecule has 0 atom stereocenters. The smallest absolute Gasteiger partial charge is 0.264 e. The molecule has 33 heavy (non-hydrogen) atoms. The zero-order valence-corrected chi connectivity index (χ0v) is 19.1. The lowest BCUT2D eigenvalue weighted by Crippen LogP contribution is -2.31. The Morgan fingerprint density at radius 1 is 1.03 bits per heavy atom. The van der Waals surface area contributed by atoms with Gasteiger partial charge >= 0.3 is 0 Å². The normalized spacial score (nSPS) is 11.2. The van der Waals surface area contributed by atoms with Crippen molar-refractivity contribution in [3.05, 3.63) is 108 Å². The monoisotopic (exact) mass is 477 g/mol. The SMILES string of the molecule is C=CCN(c1ccccc1Cl)S(=O)(=O)c1cccc(C(=O)Nc2ccc3ncccc3c2)c1. The quantitative estimate of drug-likeness (QED) is 0.355. The Balaban J connectivity index is 1.64. The van der Waals surface area contributed by atoms with Crippen molar-refractivity contribution in [2.75, 3.05) is 16.2 Å². The number of para-hydroxylation sites is 1. The highest BCUT2D eigenvalue weighted by Crippen LogP contribution is 2.30. The van der Waals surface area contributed by atoms with Crippen molar-refractivity contribution < 1.29 is 13.2 Å². The summed E-state index contributed by atoms with van der Waals surface area (Å²) in [4.78, 5) is 17.1. The average molecular weight is 478 g/mol. The summed E-state index contributed by atoms with van der Waals surface area (Å²) in [5, 5.41) is 3.99. The van der Waals surface area contributed by atoms with Crippen molar-refractivity contribution in [2.45, 2.75) is 4.90 Å². The number of carbonyl (C=O) groups excluding carboxylic acids is 1. The molecule has 0 fully saturated rings. The molecule has 0 saturated carbocycles. The Bertz CT molecular complexity index is 1450. The molecule has 0 radical (unpaired) electrons. The van der Waals surface area contributed by atoms with E-state index in [0.29, 0.717) is 16.4 Å². The van der Waals surface area contributed by atoms with E-state index in [1.54, 1.807) is 42.6 Å². The maximum Gasteiger partial charge on any atom is 0.264 e. The van der Waals surface area contributed by atoms with E-state index in [1.165, 1.54) is 24.3 Å². The van der Waals surface area contributed by atoms with Crippen molar-refractivity contribution >= 4 is 49.8 Å². The highest BCUT2D eigenvalue weighted by molar-refractivity contribution is 7.92. The van der Waals surface area contributed by atoms with Gasteiger partial charge in [0.25, 0.3) is 15.9 Å². The summed E-state index contributed by atoms with van der Waals surface area (Å²) in [5.41, 5.74) is 1.93. The summed E-state index contributed by atoms with van der Waals surface area (Å²) < 4.78 is 28.0. The fourth-order valence-electron chi connectivity index (χ4n) is 3.38. The molecule has 1 aromatic heterocycles. The van der Waals surface area contributed by atoms with Crippen LogP contribution in [-0.4, -0.2) is 25.9 Å². The summed E-state index contributed by atoms with van der Waals surface area (Å²) in [6.45, 7) is 3.68. The molecule has 0 unspecified atom stereocenters. The van der Waals surface area contributed by atoms with E-state index in [2.05, 4.69) is 16.9 Å². The topological polar surface area (TPSA) is 79.4 Å². The number of amides is 1. The predicted octanol–water partition coefficient (Wildman–Crippen LogP) is 5.52. The molecule has 4 aromatic rings. The third-order valence-corrected chi connectivity index (χ3v) is 7.06. The first-order valence-electron chi connectivity index (χ1n) is 10.0. The lowest BCUT2D eigenvalue weighted by atomic mass is 10.1. The van der Waals surface area contributed by atoms with Crippen LogP contribution in [0.1, 0.15) is 10.4 Å². The van der Waals surface area contributed by atoms with Gasteiger partial charge in [-0.05, 0) is 54.6 Å². The zero-order valence-electron chi connectivity index (χ0n) is 17.5. The fraction of sp³-hybridized carbons (Fsp3) is 0.0400. The standard InChI is InChI=1S/C25H20ClN3O3S/c1-2-15-29(24-11-4-3-10-22(24)26)33(31,32)21-9-5-7-19(17-21)25(30)28-20-12-13-23-18(16-20)8-6-14-27-23/h2-14,16-17H,1,15H2,(H,28,30). The van der Waals surface area contributed by atoms with Gasteiger partial charge in [0.05, 0.1) is 27.7 Å². The molecule has 6 nitrogen and oxygen atoms in total. The maximum absolute atomic E-state index is 13.4. The van der Waals surface area contributed by atoms with E-state index < -0.39 is 15.9 Å². The first-order chi connectivity index (χ1) is 15.9. The Labute approximate surface area is 197 Å². The van der Waals surface area contributed by atoms with Crippen LogP contribution in [-0.2, 0) is 10.0 Å². The molecule has 1 N–H and O–H groups in total. The molecule has 0 aliphatic carbocycles. The lowest BCUT2D eigenvalue weighted by Gasteiger charge is -2.24. The van der Waals surface area contributed by atoms with Gasteiger partial charge in [-0.3, -0.25) is 14.1 Å². The van der Waals surface area contributed by atoms with Crippen molar-refractivity contribution in [1.82, 2.24) is 4.98 Å². The second-order valence-corrected chi connectivity index (χ2v) is 9.44. The number of rotatable bonds is 7. The second-order valence-electron chi connectivity index (χ2n) is 7.17. The Morgan fingerprint density at radius 3 is 2.64 bits per heavy atom. The number of benzene rings is 3. The summed E-state index contributed by atoms with van der Waals surface area (Å²) in [6.07, 6.45) is 3.18. The van der Waals surface area contributed by atoms with Crippen molar-refractivity contribution in [1.29, 1.82) is 0 Å². The Morgan fingerprint density at radius 2 is 1.85 bits per heavy atom. The molecule has 3 aromatic carbocycles. The van der Waals surface area contributed by atoms with Gasteiger partial charge in [0.1, 0.15) is 0 Å². The molecule has 0 aliphatic rings. The highest BCUT2D eigenvalue weighted by Gasteiger charge is 2.26. The molecule has 1 heterocycles. The van der Waals surface area contributed by atoms with E-state index >= 15 is 0 Å². The number of carbonyl (C=O) groups is 1. The molecule has 8 heteroatoms. The summed E-state index contributed by atoms with van der Waals surface area (Å²) in [5.74, 6) is -0.427. The summed E-state index contributed by atoms with van der Waals surface area (Å²) in [6, 6.07) is 21.6. The van der Waals surface area contributed by atoms with Crippen LogP contribution >= 0.6 is 11.6 Å². The molecule has 0 saturated heterocycles. The van der Waals surface area contributed by atoms with Crippen LogP contribution in [0.5, 0.6) is 0 Å². The van der Waals surface area contributed by atoms with Crippen molar-refractivity contribution in [3.8, 4) is 0 Å². The maximum atomic E-state index is 13.4. The van der Waals surface area contributed by atoms with Crippen LogP contribution in [0.4, 0.5) is 11.4 Å². The summed E-state index contributed by atoms with van der Waals surface area (Å²) in [7, 11) is -4.01. The molecule has 1 amide bonds. The third-order valence-electron chi connectivity index (χ3n) is 4.96. The van der Waals surface area contributed by atoms with Gasteiger partial charge in [0, 0.05) is 22.8 Å². The van der Waals surface area contributed by atoms with Crippen LogP contribution in [0.25, 0.3) is 10.9 Å². The van der Waals surface area contributed by atoms with Gasteiger partial charge in [0.2, 0.25) is 0 Å². The van der Waals surface area contributed by atoms with E-state index in [9.17, 15) is 13.2 Å². The molecule has 4 rings (SSSR count). The first-order valence-corrected chi connectivity index (χ1v) is 11.9. The molecule has 0 bridgehead atoms. The predicted molar refractivity (Wildman–Crippen MR) is 132 cm³/mol. The lowest BCUT2D eigenvalue weighted by molar-refractivity contribution is 0.102. The van der Waals surface area contributed by atoms with Crippen LogP contribution in [0.3, 0.4) is 0 Å². The highest BCUT2D eigenvalue weighted by atomic mass is 35.5. The Kier molecular flexibility index (Phi) is 6.44. The minimum atomic E-state index is -4.01. The molecular formula is C25H20ClN3O3S. The minimum Gasteiger partial charge on any atom is -0.322 e. The average Bonchev–Trinajstić information content (AvgIpc) is 2.83. The molecule has 166 valence electrons. The molecular weight excluding hydrogens is 458 g/mol. The number of fused-ring (bicyclic) bond motifs is 1. The number of nitrogens with zero attached hydrogens (tertiary/aromatic N) is 2. The number of pyridine rings is 1. The second kappa shape index (κ2) is 9.44. The fourth-order valence-corrected chi connectivity index (χ4v) is 5.17. The Hall–Kier alpha value is -3.68. The van der Waals surface area contributed by atoms with Gasteiger partial charge < -0.3 is 5.32 Å². The van der Waals surface area contributed by atoms with Crippen LogP contribution in [0, 0.1) is 0 Å². The molecule has 0 aliphatic heterocycles. The van der Waals surface area contributed by atoms with Gasteiger partial charge in [-0.15, -0.1) is 6.58 Å². The number of sulfonamides is 1. The van der Waals surface area contributed by atoms with Crippen molar-refractivity contribution in [3.63, 3.8) is 0 Å². The van der Waals surface area contributed by atoms with E-state index in [1.807, 2.05) is 24.3 Å².